The van der Waals surface area contributed by atoms with E-state index in [-0.39, 0.29) is 5.91 Å². The molecule has 1 aromatic heterocycles. The van der Waals surface area contributed by atoms with Gasteiger partial charge < -0.3 is 20.1 Å². The molecular weight excluding hydrogens is 296 g/mol. The summed E-state index contributed by atoms with van der Waals surface area (Å²) in [7, 11) is 0. The number of nitrogens with one attached hydrogen (secondary N) is 2. The molecule has 0 bridgehead atoms. The van der Waals surface area contributed by atoms with Crippen molar-refractivity contribution >= 4 is 17.5 Å². The van der Waals surface area contributed by atoms with Crippen LogP contribution in [-0.4, -0.2) is 35.6 Å². The van der Waals surface area contributed by atoms with E-state index >= 15 is 0 Å². The van der Waals surface area contributed by atoms with Crippen molar-refractivity contribution in [2.45, 2.75) is 13.3 Å². The number of anilines is 2. The van der Waals surface area contributed by atoms with E-state index in [9.17, 15) is 4.79 Å². The standard InChI is InChI=1S/C16H18N4O3/c1-2-6-17-16-18-7-5-12(20-16)15(21)19-11-3-4-13-14(10-11)23-9-8-22-13/h3-5,7,10H,2,6,8-9H2,1H3,(H,19,21)(H,17,18,20). The molecule has 1 amide bonds. The van der Waals surface area contributed by atoms with E-state index in [0.717, 1.165) is 13.0 Å². The zero-order chi connectivity index (χ0) is 16.1. The fraction of sp³-hybridized carbons (Fsp3) is 0.312. The van der Waals surface area contributed by atoms with Gasteiger partial charge in [-0.1, -0.05) is 6.92 Å². The first-order valence-corrected chi connectivity index (χ1v) is 7.54. The number of ether oxygens (including phenoxy) is 2. The molecule has 0 spiro atoms. The van der Waals surface area contributed by atoms with Crippen molar-refractivity contribution in [2.75, 3.05) is 30.4 Å². The van der Waals surface area contributed by atoms with E-state index in [1.807, 2.05) is 6.92 Å². The summed E-state index contributed by atoms with van der Waals surface area (Å²) in [5.41, 5.74) is 0.925. The summed E-state index contributed by atoms with van der Waals surface area (Å²) >= 11 is 0. The fourth-order valence-electron chi connectivity index (χ4n) is 2.12. The van der Waals surface area contributed by atoms with Gasteiger partial charge in [-0.2, -0.15) is 0 Å². The Morgan fingerprint density at radius 2 is 2.04 bits per heavy atom. The maximum atomic E-state index is 12.3. The Morgan fingerprint density at radius 1 is 1.22 bits per heavy atom. The van der Waals surface area contributed by atoms with Crippen LogP contribution in [0.15, 0.2) is 30.5 Å². The van der Waals surface area contributed by atoms with Crippen LogP contribution in [0.1, 0.15) is 23.8 Å². The molecule has 7 nitrogen and oxygen atoms in total. The van der Waals surface area contributed by atoms with E-state index in [4.69, 9.17) is 9.47 Å². The Kier molecular flexibility index (Phi) is 4.56. The smallest absolute Gasteiger partial charge is 0.274 e. The zero-order valence-corrected chi connectivity index (χ0v) is 12.8. The van der Waals surface area contributed by atoms with Crippen molar-refractivity contribution in [1.82, 2.24) is 9.97 Å². The van der Waals surface area contributed by atoms with Crippen LogP contribution in [-0.2, 0) is 0 Å². The number of rotatable bonds is 5. The zero-order valence-electron chi connectivity index (χ0n) is 12.8. The summed E-state index contributed by atoms with van der Waals surface area (Å²) in [6.45, 7) is 3.84. The van der Waals surface area contributed by atoms with Gasteiger partial charge in [0, 0.05) is 24.5 Å². The van der Waals surface area contributed by atoms with Crippen molar-refractivity contribution < 1.29 is 14.3 Å². The topological polar surface area (TPSA) is 85.4 Å². The lowest BCUT2D eigenvalue weighted by molar-refractivity contribution is 0.102. The molecule has 1 aliphatic heterocycles. The monoisotopic (exact) mass is 314 g/mol. The SMILES string of the molecule is CCCNc1nccc(C(=O)Nc2ccc3c(c2)OCCO3)n1. The lowest BCUT2D eigenvalue weighted by Crippen LogP contribution is -2.17. The molecule has 0 unspecified atom stereocenters. The highest BCUT2D eigenvalue weighted by Gasteiger charge is 2.14. The van der Waals surface area contributed by atoms with Crippen LogP contribution in [0, 0.1) is 0 Å². The molecule has 7 heteroatoms. The molecule has 0 saturated carbocycles. The van der Waals surface area contributed by atoms with E-state index in [1.165, 1.54) is 0 Å². The summed E-state index contributed by atoms with van der Waals surface area (Å²) in [5.74, 6) is 1.45. The maximum absolute atomic E-state index is 12.3. The highest BCUT2D eigenvalue weighted by Crippen LogP contribution is 2.32. The molecule has 1 aromatic carbocycles. The first kappa shape index (κ1) is 15.1. The molecule has 0 saturated heterocycles. The van der Waals surface area contributed by atoms with Crippen molar-refractivity contribution in [1.29, 1.82) is 0 Å². The second-order valence-corrected chi connectivity index (χ2v) is 5.00. The highest BCUT2D eigenvalue weighted by atomic mass is 16.6. The third kappa shape index (κ3) is 3.68. The van der Waals surface area contributed by atoms with Gasteiger partial charge in [-0.3, -0.25) is 4.79 Å². The van der Waals surface area contributed by atoms with Gasteiger partial charge in [0.25, 0.3) is 5.91 Å². The number of carbonyl (C=O) groups is 1. The summed E-state index contributed by atoms with van der Waals surface area (Å²) in [4.78, 5) is 20.6. The number of carbonyl (C=O) groups excluding carboxylic acids is 1. The molecular formula is C16H18N4O3. The predicted octanol–water partition coefficient (Wildman–Crippen LogP) is 2.32. The fourth-order valence-corrected chi connectivity index (χ4v) is 2.12. The maximum Gasteiger partial charge on any atom is 0.274 e. The first-order chi connectivity index (χ1) is 11.3. The van der Waals surface area contributed by atoms with Gasteiger partial charge in [-0.15, -0.1) is 0 Å². The van der Waals surface area contributed by atoms with E-state index in [2.05, 4.69) is 20.6 Å². The van der Waals surface area contributed by atoms with Crippen molar-refractivity contribution in [2.24, 2.45) is 0 Å². The molecule has 2 N–H and O–H groups in total. The van der Waals surface area contributed by atoms with Crippen LogP contribution < -0.4 is 20.1 Å². The summed E-state index contributed by atoms with van der Waals surface area (Å²) in [6, 6.07) is 6.86. The van der Waals surface area contributed by atoms with Gasteiger partial charge in [-0.25, -0.2) is 9.97 Å². The molecule has 0 fully saturated rings. The predicted molar refractivity (Wildman–Crippen MR) is 86.2 cm³/mol. The van der Waals surface area contributed by atoms with Crippen LogP contribution in [0.5, 0.6) is 11.5 Å². The number of fused-ring (bicyclic) bond motifs is 1. The highest BCUT2D eigenvalue weighted by molar-refractivity contribution is 6.03. The third-order valence-electron chi connectivity index (χ3n) is 3.22. The molecule has 1 aliphatic rings. The average molecular weight is 314 g/mol. The number of nitrogens with zero attached hydrogens (tertiary/aromatic N) is 2. The lowest BCUT2D eigenvalue weighted by Gasteiger charge is -2.19. The summed E-state index contributed by atoms with van der Waals surface area (Å²) < 4.78 is 11.0. The molecule has 2 heterocycles. The van der Waals surface area contributed by atoms with Crippen molar-refractivity contribution in [3.05, 3.63) is 36.2 Å². The number of hydrogen-bond donors (Lipinski definition) is 2. The number of hydrogen-bond acceptors (Lipinski definition) is 6. The van der Waals surface area contributed by atoms with E-state index in [1.54, 1.807) is 30.5 Å². The van der Waals surface area contributed by atoms with Gasteiger partial charge in [0.15, 0.2) is 11.5 Å². The number of aromatic nitrogens is 2. The van der Waals surface area contributed by atoms with Crippen LogP contribution in [0.3, 0.4) is 0 Å². The van der Waals surface area contributed by atoms with Gasteiger partial charge in [0.1, 0.15) is 18.9 Å². The quantitative estimate of drug-likeness (QED) is 0.881. The molecule has 23 heavy (non-hydrogen) atoms. The minimum Gasteiger partial charge on any atom is -0.486 e. The van der Waals surface area contributed by atoms with Gasteiger partial charge in [0.05, 0.1) is 0 Å². The molecule has 0 radical (unpaired) electrons. The molecule has 0 aliphatic carbocycles. The summed E-state index contributed by atoms with van der Waals surface area (Å²) in [6.07, 6.45) is 2.51. The Hall–Kier alpha value is -2.83. The number of amides is 1. The van der Waals surface area contributed by atoms with Gasteiger partial charge in [-0.05, 0) is 24.6 Å². The van der Waals surface area contributed by atoms with Crippen LogP contribution >= 0.6 is 0 Å². The van der Waals surface area contributed by atoms with Crippen LogP contribution in [0.2, 0.25) is 0 Å². The minimum absolute atomic E-state index is 0.300. The molecule has 0 atom stereocenters. The second kappa shape index (κ2) is 6.95. The Balaban J connectivity index is 1.71. The van der Waals surface area contributed by atoms with Crippen LogP contribution in [0.4, 0.5) is 11.6 Å². The van der Waals surface area contributed by atoms with E-state index < -0.39 is 0 Å². The third-order valence-corrected chi connectivity index (χ3v) is 3.22. The van der Waals surface area contributed by atoms with Crippen molar-refractivity contribution in [3.63, 3.8) is 0 Å². The minimum atomic E-state index is -0.302. The largest absolute Gasteiger partial charge is 0.486 e. The Morgan fingerprint density at radius 3 is 2.87 bits per heavy atom. The first-order valence-electron chi connectivity index (χ1n) is 7.54. The Bertz CT molecular complexity index is 705. The van der Waals surface area contributed by atoms with Crippen molar-refractivity contribution in [3.8, 4) is 11.5 Å². The lowest BCUT2D eigenvalue weighted by atomic mass is 10.2. The molecule has 2 aromatic rings. The molecule has 120 valence electrons. The normalized spacial score (nSPS) is 12.6. The second-order valence-electron chi connectivity index (χ2n) is 5.00. The van der Waals surface area contributed by atoms with Gasteiger partial charge in [0.2, 0.25) is 5.95 Å². The van der Waals surface area contributed by atoms with Crippen LogP contribution in [0.25, 0.3) is 0 Å². The van der Waals surface area contributed by atoms with E-state index in [0.29, 0.717) is 42.0 Å². The van der Waals surface area contributed by atoms with Gasteiger partial charge >= 0.3 is 0 Å². The summed E-state index contributed by atoms with van der Waals surface area (Å²) in [5, 5.41) is 5.85. The Labute approximate surface area is 134 Å². The molecule has 3 rings (SSSR count). The number of benzene rings is 1. The average Bonchev–Trinajstić information content (AvgIpc) is 2.60.